The molecule has 3 aromatic carbocycles. The fraction of sp³-hybridized carbons (Fsp3) is 0.353. The maximum atomic E-state index is 13.6. The van der Waals surface area contributed by atoms with Gasteiger partial charge in [0.1, 0.15) is 17.3 Å². The number of Topliss-reactive ketones (excluding diaryl/α,β-unsaturated/α-hetero) is 1. The van der Waals surface area contributed by atoms with Crippen molar-refractivity contribution < 1.29 is 24.2 Å². The van der Waals surface area contributed by atoms with Crippen molar-refractivity contribution >= 4 is 17.4 Å². The molecule has 0 bridgehead atoms. The number of carbonyl (C=O) groups is 2. The summed E-state index contributed by atoms with van der Waals surface area (Å²) >= 11 is 0. The summed E-state index contributed by atoms with van der Waals surface area (Å²) < 4.78 is 10.9. The zero-order valence-corrected chi connectivity index (χ0v) is 24.7. The predicted octanol–water partition coefficient (Wildman–Crippen LogP) is 6.92. The molecule has 0 aromatic heterocycles. The fourth-order valence-electron chi connectivity index (χ4n) is 4.99. The van der Waals surface area contributed by atoms with E-state index >= 15 is 0 Å². The number of aliphatic hydroxyl groups excluding tert-OH is 1. The third kappa shape index (κ3) is 5.62. The Morgan fingerprint density at radius 2 is 1.38 bits per heavy atom. The van der Waals surface area contributed by atoms with Crippen LogP contribution in [-0.4, -0.2) is 35.9 Å². The molecule has 40 heavy (non-hydrogen) atoms. The lowest BCUT2D eigenvalue weighted by Gasteiger charge is -2.27. The summed E-state index contributed by atoms with van der Waals surface area (Å²) in [5.74, 6) is -0.504. The lowest BCUT2D eigenvalue weighted by atomic mass is 9.84. The molecular weight excluding hydrogens is 502 g/mol. The number of likely N-dealkylation sites (tertiary alicyclic amines) is 1. The highest BCUT2D eigenvalue weighted by Crippen LogP contribution is 2.43. The van der Waals surface area contributed by atoms with Crippen molar-refractivity contribution in [1.82, 2.24) is 4.90 Å². The summed E-state index contributed by atoms with van der Waals surface area (Å²) in [6.45, 7) is 12.8. The van der Waals surface area contributed by atoms with Crippen LogP contribution in [0.25, 0.3) is 5.76 Å². The maximum Gasteiger partial charge on any atom is 0.295 e. The average molecular weight is 542 g/mol. The van der Waals surface area contributed by atoms with E-state index < -0.39 is 17.7 Å². The van der Waals surface area contributed by atoms with Crippen molar-refractivity contribution in [1.29, 1.82) is 0 Å². The van der Waals surface area contributed by atoms with Crippen LogP contribution in [0.1, 0.15) is 75.4 Å². The molecule has 210 valence electrons. The molecule has 1 aliphatic heterocycles. The van der Waals surface area contributed by atoms with Crippen LogP contribution in [0.4, 0.5) is 0 Å². The molecule has 0 aliphatic carbocycles. The number of methoxy groups -OCH3 is 2. The van der Waals surface area contributed by atoms with Crippen LogP contribution >= 0.6 is 0 Å². The molecule has 1 atom stereocenters. The molecule has 1 aliphatic rings. The van der Waals surface area contributed by atoms with Crippen LogP contribution in [0, 0.1) is 0 Å². The normalized spacial score (nSPS) is 17.3. The summed E-state index contributed by atoms with van der Waals surface area (Å²) in [5.41, 5.74) is 3.84. The molecule has 0 saturated carbocycles. The van der Waals surface area contributed by atoms with Gasteiger partial charge in [-0.25, -0.2) is 0 Å². The molecule has 6 heteroatoms. The molecule has 1 fully saturated rings. The first-order valence-electron chi connectivity index (χ1n) is 13.5. The summed E-state index contributed by atoms with van der Waals surface area (Å²) in [4.78, 5) is 28.7. The maximum absolute atomic E-state index is 13.6. The molecule has 4 rings (SSSR count). The van der Waals surface area contributed by atoms with Gasteiger partial charge in [0.05, 0.1) is 31.4 Å². The van der Waals surface area contributed by atoms with Crippen LogP contribution in [0.3, 0.4) is 0 Å². The second-order valence-corrected chi connectivity index (χ2v) is 12.3. The van der Waals surface area contributed by atoms with Crippen molar-refractivity contribution in [2.45, 2.75) is 65.0 Å². The summed E-state index contributed by atoms with van der Waals surface area (Å²) in [6, 6.07) is 20.1. The number of benzene rings is 3. The van der Waals surface area contributed by atoms with Crippen LogP contribution in [0.5, 0.6) is 11.5 Å². The van der Waals surface area contributed by atoms with Crippen LogP contribution in [-0.2, 0) is 27.0 Å². The molecule has 1 unspecified atom stereocenters. The second-order valence-electron chi connectivity index (χ2n) is 12.3. The highest BCUT2D eigenvalue weighted by atomic mass is 16.5. The van der Waals surface area contributed by atoms with Gasteiger partial charge < -0.3 is 19.5 Å². The second kappa shape index (κ2) is 10.8. The monoisotopic (exact) mass is 541 g/mol. The molecule has 1 N–H and O–H groups in total. The van der Waals surface area contributed by atoms with Crippen molar-refractivity contribution in [2.24, 2.45) is 0 Å². The Morgan fingerprint density at radius 1 is 0.800 bits per heavy atom. The van der Waals surface area contributed by atoms with Gasteiger partial charge in [0.2, 0.25) is 0 Å². The first-order chi connectivity index (χ1) is 18.8. The quantitative estimate of drug-likeness (QED) is 0.208. The van der Waals surface area contributed by atoms with E-state index in [1.807, 2.05) is 60.7 Å². The zero-order chi connectivity index (χ0) is 29.4. The highest BCUT2D eigenvalue weighted by molar-refractivity contribution is 6.46. The van der Waals surface area contributed by atoms with Gasteiger partial charge in [-0.1, -0.05) is 84.0 Å². The van der Waals surface area contributed by atoms with Gasteiger partial charge >= 0.3 is 0 Å². The van der Waals surface area contributed by atoms with E-state index in [0.717, 1.165) is 22.3 Å². The minimum atomic E-state index is -0.779. The summed E-state index contributed by atoms with van der Waals surface area (Å²) in [5, 5.41) is 11.8. The standard InChI is InChI=1S/C34H39NO5/c1-33(2,3)23-13-11-22(12-14-23)29-28(30(36)26-19-24(34(4,5)6)15-18-27(26)40-8)31(37)32(38)35(29)20-21-9-16-25(39-7)17-10-21/h9-19,29,36H,20H2,1-8H3/b30-28+. The molecule has 3 aromatic rings. The van der Waals surface area contributed by atoms with Gasteiger partial charge in [-0.2, -0.15) is 0 Å². The van der Waals surface area contributed by atoms with Crippen molar-refractivity contribution in [3.8, 4) is 11.5 Å². The SMILES string of the molecule is COc1ccc(CN2C(=O)C(=O)/C(=C(/O)c3cc(C(C)(C)C)ccc3OC)C2c2ccc(C(C)(C)C)cc2)cc1. The van der Waals surface area contributed by atoms with E-state index in [9.17, 15) is 14.7 Å². The molecule has 1 saturated heterocycles. The van der Waals surface area contributed by atoms with Gasteiger partial charge in [0.25, 0.3) is 11.7 Å². The number of nitrogens with zero attached hydrogens (tertiary/aromatic N) is 1. The van der Waals surface area contributed by atoms with Crippen molar-refractivity contribution in [2.75, 3.05) is 14.2 Å². The smallest absolute Gasteiger partial charge is 0.295 e. The zero-order valence-electron chi connectivity index (χ0n) is 24.7. The largest absolute Gasteiger partial charge is 0.507 e. The third-order valence-electron chi connectivity index (χ3n) is 7.47. The summed E-state index contributed by atoms with van der Waals surface area (Å²) in [7, 11) is 3.12. The number of rotatable bonds is 6. The molecule has 1 heterocycles. The van der Waals surface area contributed by atoms with Crippen molar-refractivity contribution in [3.63, 3.8) is 0 Å². The Labute approximate surface area is 237 Å². The van der Waals surface area contributed by atoms with E-state index in [2.05, 4.69) is 41.5 Å². The Balaban J connectivity index is 1.91. The molecular formula is C34H39NO5. The fourth-order valence-corrected chi connectivity index (χ4v) is 4.99. The van der Waals surface area contributed by atoms with Gasteiger partial charge in [0, 0.05) is 6.54 Å². The van der Waals surface area contributed by atoms with Gasteiger partial charge in [0.15, 0.2) is 0 Å². The van der Waals surface area contributed by atoms with E-state index in [-0.39, 0.29) is 28.7 Å². The Morgan fingerprint density at radius 3 is 1.90 bits per heavy atom. The number of hydrogen-bond acceptors (Lipinski definition) is 5. The molecule has 0 spiro atoms. The number of carbonyl (C=O) groups excluding carboxylic acids is 2. The Bertz CT molecular complexity index is 1440. The average Bonchev–Trinajstić information content (AvgIpc) is 3.16. The first-order valence-corrected chi connectivity index (χ1v) is 13.5. The van der Waals surface area contributed by atoms with Crippen LogP contribution in [0.15, 0.2) is 72.3 Å². The lowest BCUT2D eigenvalue weighted by Crippen LogP contribution is -2.29. The molecule has 1 amide bonds. The van der Waals surface area contributed by atoms with Crippen LogP contribution < -0.4 is 9.47 Å². The number of aliphatic hydroxyl groups is 1. The first kappa shape index (κ1) is 28.9. The van der Waals surface area contributed by atoms with E-state index in [4.69, 9.17) is 9.47 Å². The van der Waals surface area contributed by atoms with E-state index in [1.165, 1.54) is 12.0 Å². The predicted molar refractivity (Wildman–Crippen MR) is 158 cm³/mol. The highest BCUT2D eigenvalue weighted by Gasteiger charge is 2.46. The Kier molecular flexibility index (Phi) is 7.84. The molecule has 0 radical (unpaired) electrons. The van der Waals surface area contributed by atoms with E-state index in [1.54, 1.807) is 13.2 Å². The number of hydrogen-bond donors (Lipinski definition) is 1. The minimum Gasteiger partial charge on any atom is -0.507 e. The van der Waals surface area contributed by atoms with Gasteiger partial charge in [-0.3, -0.25) is 9.59 Å². The topological polar surface area (TPSA) is 76.1 Å². The third-order valence-corrected chi connectivity index (χ3v) is 7.47. The van der Waals surface area contributed by atoms with Gasteiger partial charge in [-0.15, -0.1) is 0 Å². The van der Waals surface area contributed by atoms with E-state index in [0.29, 0.717) is 17.1 Å². The van der Waals surface area contributed by atoms with Crippen LogP contribution in [0.2, 0.25) is 0 Å². The number of ketones is 1. The lowest BCUT2D eigenvalue weighted by molar-refractivity contribution is -0.140. The van der Waals surface area contributed by atoms with Crippen molar-refractivity contribution in [3.05, 3.63) is 100 Å². The summed E-state index contributed by atoms with van der Waals surface area (Å²) in [6.07, 6.45) is 0. The Hall–Kier alpha value is -4.06. The minimum absolute atomic E-state index is 0.0476. The molecule has 6 nitrogen and oxygen atoms in total. The van der Waals surface area contributed by atoms with Gasteiger partial charge in [-0.05, 0) is 57.3 Å². The number of amides is 1. The number of ether oxygens (including phenoxy) is 2.